The zero-order valence-corrected chi connectivity index (χ0v) is 59.7. The second-order valence-electron chi connectivity index (χ2n) is 35.1. The number of carbonyl (C=O) groups excluding carboxylic acids is 1. The molecule has 6 saturated carbocycles. The van der Waals surface area contributed by atoms with Gasteiger partial charge in [0.05, 0.1) is 65.6 Å². The van der Waals surface area contributed by atoms with Crippen LogP contribution in [-0.4, -0.2) is 97.4 Å². The molecule has 17 aliphatic rings. The van der Waals surface area contributed by atoms with E-state index in [0.29, 0.717) is 67.1 Å². The average molecular weight is 1370 g/mol. The third-order valence-corrected chi connectivity index (χ3v) is 31.3. The molecular weight excluding hydrogens is 1280 g/mol. The van der Waals surface area contributed by atoms with Gasteiger partial charge in [0.15, 0.2) is 11.6 Å². The Morgan fingerprint density at radius 2 is 0.970 bits per heavy atom. The maximum absolute atomic E-state index is 12.5. The molecule has 8 aliphatic heterocycles. The molecule has 11 heterocycles. The summed E-state index contributed by atoms with van der Waals surface area (Å²) < 4.78 is 46.5. The molecule has 6 bridgehead atoms. The maximum Gasteiger partial charge on any atom is 0.171 e. The Morgan fingerprint density at radius 1 is 0.475 bits per heavy atom. The van der Waals surface area contributed by atoms with Crippen LogP contribution in [0.3, 0.4) is 0 Å². The Hall–Kier alpha value is -6.03. The minimum atomic E-state index is -0.962. The summed E-state index contributed by atoms with van der Waals surface area (Å²) in [7, 11) is 0. The van der Waals surface area contributed by atoms with E-state index in [0.717, 1.165) is 139 Å². The first-order valence-electron chi connectivity index (χ1n) is 38.8. The number of ether oxygens (including phenoxy) is 7. The van der Waals surface area contributed by atoms with Gasteiger partial charge in [0.2, 0.25) is 0 Å². The Labute approximate surface area is 597 Å². The number of halogens is 1. The van der Waals surface area contributed by atoms with Crippen molar-refractivity contribution in [3.63, 3.8) is 0 Å². The van der Waals surface area contributed by atoms with Crippen LogP contribution in [0.2, 0.25) is 5.15 Å². The molecule has 0 amide bonds. The van der Waals surface area contributed by atoms with E-state index in [1.165, 1.54) is 91.8 Å². The predicted octanol–water partition coefficient (Wildman–Crippen LogP) is 18.2. The largest absolute Gasteiger partial charge is 0.385 e. The van der Waals surface area contributed by atoms with Crippen LogP contribution in [0.15, 0.2) is 174 Å². The maximum atomic E-state index is 12.5. The molecule has 1 N–H and O–H groups in total. The number of aromatic nitrogens is 3. The van der Waals surface area contributed by atoms with Crippen LogP contribution in [-0.2, 0) is 43.6 Å². The lowest BCUT2D eigenvalue weighted by Crippen LogP contribution is -2.58. The standard InChI is InChI=1S/C30H32ClNO4.C30H33NO3.C28H29NO2/c1-26-8-4-21-16-20-5-9-28(34-14-15-35-28)18-27(20)11-12-29(21,36-27)24(26)6-10-30(26,33)22-3-2-19-7-13-32-25(31)23(19)17-22;1-27-9-6-24-17-23-7-10-29(32-14-15-33-29)19-28(23)11-12-30(24,34-28)26(27)5-4-25(27)21-3-2-20-8-13-31-18-22(20)16-21;1-26-10-8-22-15-21-4-5-23(30)16-27(21)11-12-28(22,31-27)25(26)7-6-24(26)19-3-2-18-9-13-29-17-20(18)14-19/h2-4,7,13,16-17,24,33H,5-6,8-12,14-15,18H2,1H3;2-3,6,8,13,16-18,25-26H,4-5,7,9-12,14-15,19H2,1H3;2-3,8-9,13-15,17,24-25H,4-7,10-12,16H2,1H3/t24-,26+,27-,29-,30-;25-,26-,27-,28-,30-;24-,25-,26-,27-,28-/m111/s1. The Morgan fingerprint density at radius 3 is 1.53 bits per heavy atom. The van der Waals surface area contributed by atoms with Gasteiger partial charge >= 0.3 is 0 Å². The molecule has 12 nitrogen and oxygen atoms in total. The van der Waals surface area contributed by atoms with E-state index < -0.39 is 17.2 Å². The van der Waals surface area contributed by atoms with Crippen LogP contribution in [0.1, 0.15) is 203 Å². The van der Waals surface area contributed by atoms with E-state index in [2.05, 4.69) is 139 Å². The number of ketones is 1. The number of fused-ring (bicyclic) bond motifs is 6. The number of benzene rings is 3. The molecule has 13 heteroatoms. The number of hydrogen-bond acceptors (Lipinski definition) is 12. The number of carbonyl (C=O) groups is 1. The van der Waals surface area contributed by atoms with Gasteiger partial charge < -0.3 is 38.3 Å². The van der Waals surface area contributed by atoms with E-state index in [-0.39, 0.29) is 55.8 Å². The summed E-state index contributed by atoms with van der Waals surface area (Å²) in [6.07, 6.45) is 48.0. The van der Waals surface area contributed by atoms with Crippen LogP contribution in [0.25, 0.3) is 32.3 Å². The summed E-state index contributed by atoms with van der Waals surface area (Å²) in [6.45, 7) is 10.1. The van der Waals surface area contributed by atoms with Crippen LogP contribution in [0, 0.1) is 34.0 Å². The molecule has 23 rings (SSSR count). The van der Waals surface area contributed by atoms with Gasteiger partial charge in [0, 0.05) is 97.0 Å². The lowest BCUT2D eigenvalue weighted by Gasteiger charge is -2.56. The number of pyridine rings is 3. The number of allylic oxidation sites excluding steroid dienone is 3. The van der Waals surface area contributed by atoms with E-state index >= 15 is 0 Å². The molecule has 3 aromatic carbocycles. The SMILES string of the molecule is C[C@]12CC=C3C=C4CCC(=O)C[C@]45CC[C@]3(O5)[C@@H]1CC[C@@H]2c1ccc2ccncc2c1.C[C@]12CC=C3C=C4CCC5(C[C@]46CC[C@]3(O6)[C@@H]1CC[C@@H]2c1ccc2ccncc2c1)OCCO5.C[C@]12CC=C3C=C4CCC5(C[C@]46CC[C@]3(O6)[C@@H]1CC[C@@]2(O)c1ccc2ccnc(Cl)c2c1)OCCO5. The summed E-state index contributed by atoms with van der Waals surface area (Å²) in [5.41, 5.74) is 10.1. The summed E-state index contributed by atoms with van der Waals surface area (Å²) in [5, 5.41) is 19.9. The summed E-state index contributed by atoms with van der Waals surface area (Å²) in [4.78, 5) is 25.4. The van der Waals surface area contributed by atoms with Crippen molar-refractivity contribution >= 4 is 49.7 Å². The van der Waals surface area contributed by atoms with Gasteiger partial charge in [0.25, 0.3) is 0 Å². The number of aliphatic hydroxyl groups is 1. The first-order chi connectivity index (χ1) is 48.9. The van der Waals surface area contributed by atoms with Gasteiger partial charge in [-0.05, 0) is 253 Å². The highest BCUT2D eigenvalue weighted by atomic mass is 35.5. The van der Waals surface area contributed by atoms with Crippen molar-refractivity contribution in [1.82, 2.24) is 15.0 Å². The minimum Gasteiger partial charge on any atom is -0.385 e. The van der Waals surface area contributed by atoms with E-state index in [4.69, 9.17) is 44.8 Å². The van der Waals surface area contributed by atoms with Crippen molar-refractivity contribution in [1.29, 1.82) is 0 Å². The number of hydrogen-bond donors (Lipinski definition) is 1. The molecule has 101 heavy (non-hydrogen) atoms. The molecule has 3 aromatic heterocycles. The molecule has 9 aliphatic carbocycles. The molecule has 11 fully saturated rings. The molecule has 6 aromatic rings. The van der Waals surface area contributed by atoms with E-state index in [1.807, 2.05) is 30.9 Å². The summed E-state index contributed by atoms with van der Waals surface area (Å²) >= 11 is 6.46. The van der Waals surface area contributed by atoms with E-state index in [1.54, 1.807) is 6.20 Å². The molecule has 15 atom stereocenters. The van der Waals surface area contributed by atoms with Crippen molar-refractivity contribution in [2.75, 3.05) is 26.4 Å². The monoisotopic (exact) mass is 1370 g/mol. The zero-order chi connectivity index (χ0) is 67.8. The molecule has 5 saturated heterocycles. The third kappa shape index (κ3) is 8.77. The van der Waals surface area contributed by atoms with Crippen LogP contribution in [0.4, 0.5) is 0 Å². The quantitative estimate of drug-likeness (QED) is 0.169. The lowest BCUT2D eigenvalue weighted by atomic mass is 9.56. The van der Waals surface area contributed by atoms with Crippen LogP contribution < -0.4 is 0 Å². The summed E-state index contributed by atoms with van der Waals surface area (Å²) in [6, 6.07) is 26.4. The van der Waals surface area contributed by atoms with Gasteiger partial charge in [-0.1, -0.05) is 105 Å². The summed E-state index contributed by atoms with van der Waals surface area (Å²) in [5.74, 6) is 1.87. The average Bonchev–Trinajstić information content (AvgIpc) is 1.48. The van der Waals surface area contributed by atoms with Gasteiger partial charge in [-0.2, -0.15) is 0 Å². The fourth-order valence-electron chi connectivity index (χ4n) is 26.1. The first-order valence-corrected chi connectivity index (χ1v) is 39.1. The highest BCUT2D eigenvalue weighted by Crippen LogP contribution is 2.74. The Balaban J connectivity index is 0.0000000991. The molecule has 8 spiro atoms. The molecule has 522 valence electrons. The normalized spacial score (nSPS) is 41.6. The second kappa shape index (κ2) is 21.8. The topological polar surface area (TPSA) is 141 Å². The fraction of sp³-hybridized carbons (Fsp3) is 0.545. The van der Waals surface area contributed by atoms with E-state index in [9.17, 15) is 9.90 Å². The van der Waals surface area contributed by atoms with Crippen molar-refractivity contribution < 1.29 is 43.1 Å². The highest BCUT2D eigenvalue weighted by molar-refractivity contribution is 6.34. The number of rotatable bonds is 3. The van der Waals surface area contributed by atoms with Gasteiger partial charge in [-0.3, -0.25) is 14.8 Å². The second-order valence-corrected chi connectivity index (χ2v) is 35.4. The Bertz CT molecular complexity index is 4750. The lowest BCUT2D eigenvalue weighted by molar-refractivity contribution is -0.230. The van der Waals surface area contributed by atoms with Crippen LogP contribution >= 0.6 is 11.6 Å². The van der Waals surface area contributed by atoms with Crippen molar-refractivity contribution in [3.05, 3.63) is 196 Å². The highest BCUT2D eigenvalue weighted by Gasteiger charge is 2.73. The first kappa shape index (κ1) is 63.4. The Kier molecular flexibility index (Phi) is 13.7. The van der Waals surface area contributed by atoms with Crippen molar-refractivity contribution in [2.24, 2.45) is 34.0 Å². The third-order valence-electron chi connectivity index (χ3n) is 31.0. The molecule has 0 radical (unpaired) electrons. The van der Waals surface area contributed by atoms with Gasteiger partial charge in [-0.25, -0.2) is 4.98 Å². The number of nitrogens with zero attached hydrogens (tertiary/aromatic N) is 3. The molecular formula is C88H94ClN3O9. The minimum absolute atomic E-state index is 0.138. The van der Waals surface area contributed by atoms with Crippen molar-refractivity contribution in [2.45, 2.75) is 237 Å². The fourth-order valence-corrected chi connectivity index (χ4v) is 26.3. The van der Waals surface area contributed by atoms with Gasteiger partial charge in [-0.15, -0.1) is 0 Å². The van der Waals surface area contributed by atoms with Gasteiger partial charge in [0.1, 0.15) is 10.9 Å². The molecule has 0 unspecified atom stereocenters. The smallest absolute Gasteiger partial charge is 0.171 e. The predicted molar refractivity (Wildman–Crippen MR) is 388 cm³/mol. The zero-order valence-electron chi connectivity index (χ0n) is 58.9. The van der Waals surface area contributed by atoms with Crippen molar-refractivity contribution in [3.8, 4) is 0 Å². The van der Waals surface area contributed by atoms with Crippen LogP contribution in [0.5, 0.6) is 0 Å². The number of Topliss-reactive ketones (excluding diaryl/α,β-unsaturated/α-hetero) is 1.